The maximum absolute atomic E-state index is 13.3. The molecular weight excluding hydrogens is 446 g/mol. The first-order valence-electron chi connectivity index (χ1n) is 10.9. The number of likely N-dealkylation sites (tertiary alicyclic amines) is 1. The second-order valence-corrected chi connectivity index (χ2v) is 7.89. The molecule has 3 atom stereocenters. The SMILES string of the molecule is COCC(=O)NC1CCN(C(=O)COC)C(C(=O)NC(Cc2ccc(OC)cc2)C(=O)OC)C1. The van der Waals surface area contributed by atoms with E-state index >= 15 is 0 Å². The number of rotatable bonds is 11. The topological polar surface area (TPSA) is 132 Å². The van der Waals surface area contributed by atoms with Crippen LogP contribution in [0.25, 0.3) is 0 Å². The molecule has 0 bridgehead atoms. The van der Waals surface area contributed by atoms with Gasteiger partial charge < -0.3 is 34.5 Å². The number of benzene rings is 1. The summed E-state index contributed by atoms with van der Waals surface area (Å²) in [5.74, 6) is -1.12. The fraction of sp³-hybridized carbons (Fsp3) is 0.565. The number of nitrogens with zero attached hydrogens (tertiary/aromatic N) is 1. The van der Waals surface area contributed by atoms with Gasteiger partial charge in [-0.15, -0.1) is 0 Å². The lowest BCUT2D eigenvalue weighted by molar-refractivity contribution is -0.149. The Morgan fingerprint density at radius 3 is 2.29 bits per heavy atom. The van der Waals surface area contributed by atoms with Crippen molar-refractivity contribution in [2.24, 2.45) is 0 Å². The van der Waals surface area contributed by atoms with Gasteiger partial charge in [0.05, 0.1) is 14.2 Å². The first-order chi connectivity index (χ1) is 16.3. The Morgan fingerprint density at radius 2 is 1.71 bits per heavy atom. The van der Waals surface area contributed by atoms with Gasteiger partial charge in [-0.05, 0) is 30.5 Å². The van der Waals surface area contributed by atoms with Gasteiger partial charge in [0.1, 0.15) is 31.0 Å². The van der Waals surface area contributed by atoms with Crippen molar-refractivity contribution in [3.8, 4) is 5.75 Å². The minimum Gasteiger partial charge on any atom is -0.497 e. The van der Waals surface area contributed by atoms with Gasteiger partial charge >= 0.3 is 5.97 Å². The van der Waals surface area contributed by atoms with E-state index in [1.165, 1.54) is 26.2 Å². The van der Waals surface area contributed by atoms with E-state index in [2.05, 4.69) is 10.6 Å². The highest BCUT2D eigenvalue weighted by Crippen LogP contribution is 2.20. The molecular formula is C23H33N3O8. The summed E-state index contributed by atoms with van der Waals surface area (Å²) >= 11 is 0. The predicted molar refractivity (Wildman–Crippen MR) is 121 cm³/mol. The quantitative estimate of drug-likeness (QED) is 0.412. The van der Waals surface area contributed by atoms with Crippen molar-refractivity contribution in [1.29, 1.82) is 0 Å². The third kappa shape index (κ3) is 7.70. The molecule has 1 aliphatic rings. The normalized spacial score (nSPS) is 18.5. The van der Waals surface area contributed by atoms with Crippen LogP contribution >= 0.6 is 0 Å². The van der Waals surface area contributed by atoms with Gasteiger partial charge in [-0.25, -0.2) is 4.79 Å². The Labute approximate surface area is 199 Å². The molecule has 1 fully saturated rings. The molecule has 2 rings (SSSR count). The summed E-state index contributed by atoms with van der Waals surface area (Å²) in [5, 5.41) is 5.54. The monoisotopic (exact) mass is 479 g/mol. The molecule has 0 saturated carbocycles. The fourth-order valence-corrected chi connectivity index (χ4v) is 3.85. The molecule has 1 heterocycles. The highest BCUT2D eigenvalue weighted by atomic mass is 16.5. The Hall–Kier alpha value is -3.18. The molecule has 3 unspecified atom stereocenters. The van der Waals surface area contributed by atoms with Crippen molar-refractivity contribution in [3.63, 3.8) is 0 Å². The zero-order valence-electron chi connectivity index (χ0n) is 20.0. The molecule has 0 aliphatic carbocycles. The number of carbonyl (C=O) groups excluding carboxylic acids is 4. The van der Waals surface area contributed by atoms with Crippen LogP contribution in [0.1, 0.15) is 18.4 Å². The van der Waals surface area contributed by atoms with Crippen LogP contribution in [0.2, 0.25) is 0 Å². The van der Waals surface area contributed by atoms with E-state index < -0.39 is 24.0 Å². The van der Waals surface area contributed by atoms with Crippen molar-refractivity contribution in [2.45, 2.75) is 37.4 Å². The lowest BCUT2D eigenvalue weighted by Crippen LogP contribution is -2.60. The number of methoxy groups -OCH3 is 4. The number of amides is 3. The van der Waals surface area contributed by atoms with Gasteiger partial charge in [0, 0.05) is 33.2 Å². The van der Waals surface area contributed by atoms with Crippen LogP contribution in [0, 0.1) is 0 Å². The van der Waals surface area contributed by atoms with Gasteiger partial charge in [-0.1, -0.05) is 12.1 Å². The van der Waals surface area contributed by atoms with Crippen molar-refractivity contribution < 1.29 is 38.1 Å². The molecule has 1 aromatic rings. The van der Waals surface area contributed by atoms with E-state index in [0.717, 1.165) is 5.56 Å². The first-order valence-corrected chi connectivity index (χ1v) is 10.9. The van der Waals surface area contributed by atoms with Gasteiger partial charge in [0.2, 0.25) is 17.7 Å². The number of esters is 1. The standard InChI is InChI=1S/C23H33N3O8/c1-31-13-20(27)24-16-9-10-26(21(28)14-32-2)19(12-16)22(29)25-18(23(30)34-4)11-15-5-7-17(33-3)8-6-15/h5-8,16,18-19H,9-14H2,1-4H3,(H,24,27)(H,25,29). The minimum atomic E-state index is -0.964. The molecule has 34 heavy (non-hydrogen) atoms. The van der Waals surface area contributed by atoms with Crippen LogP contribution in [0.5, 0.6) is 5.75 Å². The Morgan fingerprint density at radius 1 is 1.03 bits per heavy atom. The van der Waals surface area contributed by atoms with E-state index in [0.29, 0.717) is 12.2 Å². The van der Waals surface area contributed by atoms with Crippen molar-refractivity contribution in [2.75, 3.05) is 48.2 Å². The number of carbonyl (C=O) groups is 4. The number of piperidine rings is 1. The molecule has 0 aromatic heterocycles. The van der Waals surface area contributed by atoms with Gasteiger partial charge in [0.25, 0.3) is 0 Å². The molecule has 1 saturated heterocycles. The minimum absolute atomic E-state index is 0.105. The molecule has 188 valence electrons. The smallest absolute Gasteiger partial charge is 0.328 e. The zero-order valence-corrected chi connectivity index (χ0v) is 20.0. The van der Waals surface area contributed by atoms with E-state index in [9.17, 15) is 19.2 Å². The average molecular weight is 480 g/mol. The summed E-state index contributed by atoms with van der Waals surface area (Å²) < 4.78 is 19.8. The largest absolute Gasteiger partial charge is 0.497 e. The van der Waals surface area contributed by atoms with E-state index in [1.807, 2.05) is 0 Å². The predicted octanol–water partition coefficient (Wildman–Crippen LogP) is -0.336. The molecule has 11 heteroatoms. The number of ether oxygens (including phenoxy) is 4. The van der Waals surface area contributed by atoms with Crippen LogP contribution < -0.4 is 15.4 Å². The summed E-state index contributed by atoms with van der Waals surface area (Å²) in [5.41, 5.74) is 0.789. The van der Waals surface area contributed by atoms with Crippen LogP contribution in [0.3, 0.4) is 0 Å². The van der Waals surface area contributed by atoms with E-state index in [-0.39, 0.29) is 50.5 Å². The summed E-state index contributed by atoms with van der Waals surface area (Å²) in [6.07, 6.45) is 0.850. The second kappa shape index (κ2) is 13.5. The van der Waals surface area contributed by atoms with Crippen molar-refractivity contribution in [1.82, 2.24) is 15.5 Å². The van der Waals surface area contributed by atoms with Crippen LogP contribution in [0.15, 0.2) is 24.3 Å². The highest BCUT2D eigenvalue weighted by molar-refractivity contribution is 5.91. The second-order valence-electron chi connectivity index (χ2n) is 7.89. The summed E-state index contributed by atoms with van der Waals surface area (Å²) in [6.45, 7) is -0.0394. The Kier molecular flexibility index (Phi) is 10.8. The van der Waals surface area contributed by atoms with Gasteiger partial charge in [-0.3, -0.25) is 14.4 Å². The number of nitrogens with one attached hydrogen (secondary N) is 2. The molecule has 0 spiro atoms. The number of hydrogen-bond donors (Lipinski definition) is 2. The summed E-state index contributed by atoms with van der Waals surface area (Å²) in [6, 6.07) is 4.90. The third-order valence-corrected chi connectivity index (χ3v) is 5.53. The molecule has 11 nitrogen and oxygen atoms in total. The van der Waals surface area contributed by atoms with E-state index in [1.54, 1.807) is 31.4 Å². The number of hydrogen-bond acceptors (Lipinski definition) is 8. The van der Waals surface area contributed by atoms with Crippen molar-refractivity contribution >= 4 is 23.7 Å². The first kappa shape index (κ1) is 27.1. The highest BCUT2D eigenvalue weighted by Gasteiger charge is 2.38. The van der Waals surface area contributed by atoms with Crippen molar-refractivity contribution in [3.05, 3.63) is 29.8 Å². The maximum atomic E-state index is 13.3. The van der Waals surface area contributed by atoms with Crippen LogP contribution in [0.4, 0.5) is 0 Å². The zero-order chi connectivity index (χ0) is 25.1. The average Bonchev–Trinajstić information content (AvgIpc) is 2.83. The van der Waals surface area contributed by atoms with E-state index in [4.69, 9.17) is 18.9 Å². The summed E-state index contributed by atoms with van der Waals surface area (Å²) in [4.78, 5) is 51.7. The summed E-state index contributed by atoms with van der Waals surface area (Å²) in [7, 11) is 5.61. The maximum Gasteiger partial charge on any atom is 0.328 e. The Bertz CT molecular complexity index is 845. The van der Waals surface area contributed by atoms with Crippen LogP contribution in [-0.4, -0.2) is 94.9 Å². The van der Waals surface area contributed by atoms with Crippen LogP contribution in [-0.2, 0) is 39.8 Å². The lowest BCUT2D eigenvalue weighted by atomic mass is 9.95. The van der Waals surface area contributed by atoms with Gasteiger partial charge in [-0.2, -0.15) is 0 Å². The molecule has 2 N–H and O–H groups in total. The Balaban J connectivity index is 2.18. The molecule has 1 aromatic carbocycles. The molecule has 3 amide bonds. The third-order valence-electron chi connectivity index (χ3n) is 5.53. The lowest BCUT2D eigenvalue weighted by Gasteiger charge is -2.39. The fourth-order valence-electron chi connectivity index (χ4n) is 3.85. The molecule has 1 aliphatic heterocycles. The molecule has 0 radical (unpaired) electrons. The van der Waals surface area contributed by atoms with Gasteiger partial charge in [0.15, 0.2) is 0 Å².